The lowest BCUT2D eigenvalue weighted by Crippen LogP contribution is -2.13. The molecule has 0 aromatic heterocycles. The van der Waals surface area contributed by atoms with E-state index >= 15 is 0 Å². The first-order chi connectivity index (χ1) is 6.36. The summed E-state index contributed by atoms with van der Waals surface area (Å²) in [5.74, 6) is 2.16. The Balaban J connectivity index is 0.00000169. The molecule has 0 nitrogen and oxygen atoms in total. The maximum absolute atomic E-state index is 2.35. The molecule has 0 amide bonds. The van der Waals surface area contributed by atoms with Gasteiger partial charge in [-0.1, -0.05) is 79.1 Å². The van der Waals surface area contributed by atoms with Gasteiger partial charge in [-0.2, -0.15) is 0 Å². The highest BCUT2D eigenvalue weighted by molar-refractivity contribution is 4.71. The minimum absolute atomic E-state index is 0. The molecule has 1 fully saturated rings. The lowest BCUT2D eigenvalue weighted by Gasteiger charge is -2.27. The SMILES string of the molecule is C.CCCCCC1CCC(CC)CC1. The van der Waals surface area contributed by atoms with Gasteiger partial charge in [-0.3, -0.25) is 0 Å². The highest BCUT2D eigenvalue weighted by atomic mass is 14.2. The van der Waals surface area contributed by atoms with Crippen LogP contribution in [0.5, 0.6) is 0 Å². The van der Waals surface area contributed by atoms with Crippen LogP contribution in [0.4, 0.5) is 0 Å². The van der Waals surface area contributed by atoms with Crippen LogP contribution < -0.4 is 0 Å². The molecule has 0 saturated heterocycles. The molecule has 0 aliphatic heterocycles. The van der Waals surface area contributed by atoms with Gasteiger partial charge in [0.25, 0.3) is 0 Å². The first-order valence-corrected chi connectivity index (χ1v) is 6.36. The van der Waals surface area contributed by atoms with Crippen molar-refractivity contribution in [2.75, 3.05) is 0 Å². The molecule has 1 saturated carbocycles. The molecule has 0 heterocycles. The van der Waals surface area contributed by atoms with Gasteiger partial charge in [-0.25, -0.2) is 0 Å². The summed E-state index contributed by atoms with van der Waals surface area (Å²) < 4.78 is 0. The Morgan fingerprint density at radius 3 is 1.93 bits per heavy atom. The van der Waals surface area contributed by atoms with Gasteiger partial charge in [-0.15, -0.1) is 0 Å². The number of rotatable bonds is 5. The summed E-state index contributed by atoms with van der Waals surface area (Å²) in [6, 6.07) is 0. The average Bonchev–Trinajstić information content (AvgIpc) is 2.19. The van der Waals surface area contributed by atoms with Crippen molar-refractivity contribution in [3.8, 4) is 0 Å². The molecule has 86 valence electrons. The van der Waals surface area contributed by atoms with Crippen LogP contribution in [0.25, 0.3) is 0 Å². The second kappa shape index (κ2) is 8.32. The number of hydrogen-bond donors (Lipinski definition) is 0. The highest BCUT2D eigenvalue weighted by Crippen LogP contribution is 2.33. The van der Waals surface area contributed by atoms with E-state index in [4.69, 9.17) is 0 Å². The molecule has 0 aromatic carbocycles. The molecule has 0 heteroatoms. The molecule has 14 heavy (non-hydrogen) atoms. The van der Waals surface area contributed by atoms with Gasteiger partial charge >= 0.3 is 0 Å². The third kappa shape index (κ3) is 5.02. The molecule has 0 N–H and O–H groups in total. The molecule has 1 aliphatic rings. The van der Waals surface area contributed by atoms with E-state index in [2.05, 4.69) is 13.8 Å². The zero-order valence-corrected chi connectivity index (χ0v) is 9.52. The third-order valence-electron chi connectivity index (χ3n) is 3.76. The van der Waals surface area contributed by atoms with Gasteiger partial charge < -0.3 is 0 Å². The van der Waals surface area contributed by atoms with Crippen molar-refractivity contribution in [3.63, 3.8) is 0 Å². The van der Waals surface area contributed by atoms with Crippen molar-refractivity contribution in [1.29, 1.82) is 0 Å². The van der Waals surface area contributed by atoms with Gasteiger partial charge in [0, 0.05) is 0 Å². The van der Waals surface area contributed by atoms with E-state index in [9.17, 15) is 0 Å². The Labute approximate surface area is 91.5 Å². The predicted molar refractivity (Wildman–Crippen MR) is 66.6 cm³/mol. The molecule has 0 radical (unpaired) electrons. The molecule has 1 aliphatic carbocycles. The van der Waals surface area contributed by atoms with Crippen LogP contribution in [0.2, 0.25) is 0 Å². The molecule has 1 rings (SSSR count). The summed E-state index contributed by atoms with van der Waals surface area (Å²) >= 11 is 0. The van der Waals surface area contributed by atoms with E-state index < -0.39 is 0 Å². The Morgan fingerprint density at radius 2 is 1.43 bits per heavy atom. The fourth-order valence-electron chi connectivity index (χ4n) is 2.61. The smallest absolute Gasteiger partial charge is 0.0414 e. The molecular formula is C14H30. The minimum atomic E-state index is 0. The van der Waals surface area contributed by atoms with Crippen LogP contribution in [-0.4, -0.2) is 0 Å². The fraction of sp³-hybridized carbons (Fsp3) is 1.00. The van der Waals surface area contributed by atoms with Crippen LogP contribution in [0.15, 0.2) is 0 Å². The van der Waals surface area contributed by atoms with Crippen molar-refractivity contribution < 1.29 is 0 Å². The summed E-state index contributed by atoms with van der Waals surface area (Å²) in [6.45, 7) is 4.65. The average molecular weight is 198 g/mol. The molecule has 0 spiro atoms. The van der Waals surface area contributed by atoms with Crippen LogP contribution in [0.1, 0.15) is 79.1 Å². The zero-order chi connectivity index (χ0) is 9.52. The maximum Gasteiger partial charge on any atom is -0.0414 e. The fourth-order valence-corrected chi connectivity index (χ4v) is 2.61. The maximum atomic E-state index is 2.35. The Hall–Kier alpha value is 0. The lowest BCUT2D eigenvalue weighted by molar-refractivity contribution is 0.254. The predicted octanol–water partition coefficient (Wildman–Crippen LogP) is 5.42. The first-order valence-electron chi connectivity index (χ1n) is 6.36. The monoisotopic (exact) mass is 198 g/mol. The molecule has 0 aromatic rings. The van der Waals surface area contributed by atoms with E-state index in [1.165, 1.54) is 57.8 Å². The Bertz CT molecular complexity index is 106. The summed E-state index contributed by atoms with van der Waals surface area (Å²) in [5.41, 5.74) is 0. The third-order valence-corrected chi connectivity index (χ3v) is 3.76. The van der Waals surface area contributed by atoms with Gasteiger partial charge in [0.2, 0.25) is 0 Å². The summed E-state index contributed by atoms with van der Waals surface area (Å²) in [5, 5.41) is 0. The minimum Gasteiger partial charge on any atom is -0.0776 e. The molecular weight excluding hydrogens is 168 g/mol. The molecule has 0 bridgehead atoms. The van der Waals surface area contributed by atoms with Crippen molar-refractivity contribution in [2.45, 2.75) is 79.1 Å². The van der Waals surface area contributed by atoms with Gasteiger partial charge in [0.15, 0.2) is 0 Å². The second-order valence-electron chi connectivity index (χ2n) is 4.79. The van der Waals surface area contributed by atoms with Gasteiger partial charge in [0.05, 0.1) is 0 Å². The standard InChI is InChI=1S/C13H26.CH4/c1-3-5-6-7-13-10-8-12(4-2)9-11-13;/h12-13H,3-11H2,1-2H3;1H4. The van der Waals surface area contributed by atoms with Crippen molar-refractivity contribution in [2.24, 2.45) is 11.8 Å². The zero-order valence-electron chi connectivity index (χ0n) is 9.52. The van der Waals surface area contributed by atoms with E-state index in [1.54, 1.807) is 0 Å². The largest absolute Gasteiger partial charge is 0.0776 e. The van der Waals surface area contributed by atoms with E-state index in [0.717, 1.165) is 11.8 Å². The normalized spacial score (nSPS) is 27.0. The Morgan fingerprint density at radius 1 is 0.857 bits per heavy atom. The lowest BCUT2D eigenvalue weighted by atomic mass is 9.79. The Kier molecular flexibility index (Phi) is 8.32. The van der Waals surface area contributed by atoms with Crippen LogP contribution in [0.3, 0.4) is 0 Å². The quantitative estimate of drug-likeness (QED) is 0.517. The van der Waals surface area contributed by atoms with Crippen molar-refractivity contribution in [1.82, 2.24) is 0 Å². The second-order valence-corrected chi connectivity index (χ2v) is 4.79. The van der Waals surface area contributed by atoms with Gasteiger partial charge in [-0.05, 0) is 11.8 Å². The summed E-state index contributed by atoms with van der Waals surface area (Å²) in [7, 11) is 0. The van der Waals surface area contributed by atoms with Crippen LogP contribution >= 0.6 is 0 Å². The van der Waals surface area contributed by atoms with Crippen molar-refractivity contribution in [3.05, 3.63) is 0 Å². The van der Waals surface area contributed by atoms with E-state index in [1.807, 2.05) is 0 Å². The summed E-state index contributed by atoms with van der Waals surface area (Å²) in [6.07, 6.45) is 13.4. The topological polar surface area (TPSA) is 0 Å². The number of hydrogen-bond acceptors (Lipinski definition) is 0. The van der Waals surface area contributed by atoms with E-state index in [-0.39, 0.29) is 7.43 Å². The van der Waals surface area contributed by atoms with E-state index in [0.29, 0.717) is 0 Å². The highest BCUT2D eigenvalue weighted by Gasteiger charge is 2.18. The van der Waals surface area contributed by atoms with Crippen LogP contribution in [-0.2, 0) is 0 Å². The first kappa shape index (κ1) is 14.0. The molecule has 0 unspecified atom stereocenters. The number of unbranched alkanes of at least 4 members (excludes halogenated alkanes) is 2. The summed E-state index contributed by atoms with van der Waals surface area (Å²) in [4.78, 5) is 0. The molecule has 0 atom stereocenters. The van der Waals surface area contributed by atoms with Crippen molar-refractivity contribution >= 4 is 0 Å². The van der Waals surface area contributed by atoms with Gasteiger partial charge in [0.1, 0.15) is 0 Å². The van der Waals surface area contributed by atoms with Crippen LogP contribution in [0, 0.1) is 11.8 Å².